The largest absolute Gasteiger partial charge is 0.491 e. The topological polar surface area (TPSA) is 46.5 Å². The lowest BCUT2D eigenvalue weighted by Gasteiger charge is -2.10. The molecule has 3 nitrogen and oxygen atoms in total. The molecule has 1 rings (SSSR count). The van der Waals surface area contributed by atoms with Gasteiger partial charge < -0.3 is 9.84 Å². The first-order chi connectivity index (χ1) is 7.50. The van der Waals surface area contributed by atoms with Gasteiger partial charge in [0.25, 0.3) is 0 Å². The Hall–Kier alpha value is -1.22. The Kier molecular flexibility index (Phi) is 4.62. The number of hydrogen-bond acceptors (Lipinski definition) is 2. The number of aliphatic carboxylic acids is 1. The molecule has 0 aliphatic heterocycles. The monoisotopic (exact) mass is 242 g/mol. The number of carboxylic acid groups (broad SMARTS) is 1. The molecule has 0 amide bonds. The molecule has 0 aliphatic carbocycles. The molecule has 1 N–H and O–H groups in total. The van der Waals surface area contributed by atoms with E-state index in [1.54, 1.807) is 6.07 Å². The minimum absolute atomic E-state index is 0.0293. The van der Waals surface area contributed by atoms with Crippen LogP contribution < -0.4 is 4.74 Å². The summed E-state index contributed by atoms with van der Waals surface area (Å²) in [6, 6.07) is 7.58. The van der Waals surface area contributed by atoms with Crippen molar-refractivity contribution in [3.05, 3.63) is 29.8 Å². The zero-order valence-corrected chi connectivity index (χ0v) is 10.1. The van der Waals surface area contributed by atoms with Crippen LogP contribution in [0.25, 0.3) is 0 Å². The molecule has 0 spiro atoms. The van der Waals surface area contributed by atoms with Gasteiger partial charge in [-0.15, -0.1) is 11.6 Å². The van der Waals surface area contributed by atoms with Crippen molar-refractivity contribution in [2.75, 3.05) is 6.61 Å². The Morgan fingerprint density at radius 1 is 1.50 bits per heavy atom. The van der Waals surface area contributed by atoms with Crippen LogP contribution in [0.5, 0.6) is 5.75 Å². The summed E-state index contributed by atoms with van der Waals surface area (Å²) < 4.78 is 5.31. The van der Waals surface area contributed by atoms with Gasteiger partial charge in [-0.25, -0.2) is 0 Å². The average Bonchev–Trinajstić information content (AvgIpc) is 2.26. The van der Waals surface area contributed by atoms with Crippen molar-refractivity contribution in [2.45, 2.75) is 25.1 Å². The molecule has 0 aliphatic rings. The van der Waals surface area contributed by atoms with E-state index in [2.05, 4.69) is 13.8 Å². The van der Waals surface area contributed by atoms with Crippen molar-refractivity contribution < 1.29 is 14.6 Å². The van der Waals surface area contributed by atoms with Crippen molar-refractivity contribution in [1.29, 1.82) is 0 Å². The van der Waals surface area contributed by atoms with Crippen LogP contribution in [0, 0.1) is 0 Å². The quantitative estimate of drug-likeness (QED) is 0.808. The van der Waals surface area contributed by atoms with Crippen molar-refractivity contribution in [3.8, 4) is 5.75 Å². The van der Waals surface area contributed by atoms with Gasteiger partial charge >= 0.3 is 5.97 Å². The van der Waals surface area contributed by atoms with Gasteiger partial charge in [0.1, 0.15) is 12.4 Å². The minimum atomic E-state index is -1.07. The Bertz CT molecular complexity index is 363. The molecule has 16 heavy (non-hydrogen) atoms. The van der Waals surface area contributed by atoms with Gasteiger partial charge in [0.05, 0.1) is 0 Å². The van der Waals surface area contributed by atoms with E-state index >= 15 is 0 Å². The summed E-state index contributed by atoms with van der Waals surface area (Å²) in [6.07, 6.45) is 0. The van der Waals surface area contributed by atoms with Crippen LogP contribution in [0.2, 0.25) is 0 Å². The van der Waals surface area contributed by atoms with E-state index in [-0.39, 0.29) is 6.61 Å². The zero-order chi connectivity index (χ0) is 12.1. The van der Waals surface area contributed by atoms with E-state index < -0.39 is 11.3 Å². The van der Waals surface area contributed by atoms with Gasteiger partial charge in [-0.2, -0.15) is 0 Å². The summed E-state index contributed by atoms with van der Waals surface area (Å²) in [5, 5.41) is 7.58. The van der Waals surface area contributed by atoms with E-state index in [4.69, 9.17) is 21.4 Å². The predicted molar refractivity (Wildman–Crippen MR) is 63.3 cm³/mol. The van der Waals surface area contributed by atoms with Crippen LogP contribution in [0.4, 0.5) is 0 Å². The number of ether oxygens (including phenoxy) is 1. The highest BCUT2D eigenvalue weighted by atomic mass is 35.5. The first kappa shape index (κ1) is 12.8. The summed E-state index contributed by atoms with van der Waals surface area (Å²) in [5.74, 6) is -0.00500. The molecule has 0 saturated carbocycles. The highest BCUT2D eigenvalue weighted by Gasteiger charge is 2.14. The second-order valence-electron chi connectivity index (χ2n) is 3.84. The van der Waals surface area contributed by atoms with E-state index in [1.807, 2.05) is 18.2 Å². The Morgan fingerprint density at radius 3 is 2.75 bits per heavy atom. The molecule has 4 heteroatoms. The van der Waals surface area contributed by atoms with Crippen LogP contribution in [-0.4, -0.2) is 23.1 Å². The standard InChI is InChI=1S/C12H15ClO3/c1-8(2)9-4-3-5-10(6-9)16-7-11(13)12(14)15/h3-6,8,11H,7H2,1-2H3,(H,14,15). The highest BCUT2D eigenvalue weighted by Crippen LogP contribution is 2.20. The molecular formula is C12H15ClO3. The summed E-state index contributed by atoms with van der Waals surface area (Å²) >= 11 is 5.54. The Balaban J connectivity index is 2.60. The summed E-state index contributed by atoms with van der Waals surface area (Å²) in [6.45, 7) is 4.14. The molecule has 1 aromatic rings. The molecule has 1 atom stereocenters. The minimum Gasteiger partial charge on any atom is -0.491 e. The maximum absolute atomic E-state index is 10.5. The summed E-state index contributed by atoms with van der Waals surface area (Å²) in [7, 11) is 0. The third-order valence-electron chi connectivity index (χ3n) is 2.19. The van der Waals surface area contributed by atoms with E-state index in [0.29, 0.717) is 11.7 Å². The lowest BCUT2D eigenvalue weighted by molar-refractivity contribution is -0.137. The second kappa shape index (κ2) is 5.75. The highest BCUT2D eigenvalue weighted by molar-refractivity contribution is 6.29. The Labute approximate surface area is 100.0 Å². The Morgan fingerprint density at radius 2 is 2.19 bits per heavy atom. The van der Waals surface area contributed by atoms with Crippen LogP contribution in [-0.2, 0) is 4.79 Å². The molecular weight excluding hydrogens is 228 g/mol. The summed E-state index contributed by atoms with van der Waals surface area (Å²) in [4.78, 5) is 10.5. The first-order valence-corrected chi connectivity index (χ1v) is 5.54. The second-order valence-corrected chi connectivity index (χ2v) is 4.37. The van der Waals surface area contributed by atoms with Crippen molar-refractivity contribution in [1.82, 2.24) is 0 Å². The number of rotatable bonds is 5. The fraction of sp³-hybridized carbons (Fsp3) is 0.417. The van der Waals surface area contributed by atoms with Crippen LogP contribution in [0.15, 0.2) is 24.3 Å². The fourth-order valence-corrected chi connectivity index (χ4v) is 1.27. The smallest absolute Gasteiger partial charge is 0.325 e. The van der Waals surface area contributed by atoms with Crippen LogP contribution in [0.3, 0.4) is 0 Å². The molecule has 0 saturated heterocycles. The number of carboxylic acids is 1. The summed E-state index contributed by atoms with van der Waals surface area (Å²) in [5.41, 5.74) is 1.15. The average molecular weight is 243 g/mol. The molecule has 0 bridgehead atoms. The van der Waals surface area contributed by atoms with E-state index in [1.165, 1.54) is 0 Å². The first-order valence-electron chi connectivity index (χ1n) is 5.10. The third kappa shape index (κ3) is 3.74. The number of carbonyl (C=O) groups is 1. The van der Waals surface area contributed by atoms with Crippen molar-refractivity contribution in [3.63, 3.8) is 0 Å². The maximum atomic E-state index is 10.5. The lowest BCUT2D eigenvalue weighted by Crippen LogP contribution is -2.21. The normalized spacial score (nSPS) is 12.5. The SMILES string of the molecule is CC(C)c1cccc(OCC(Cl)C(=O)O)c1. The third-order valence-corrected chi connectivity index (χ3v) is 2.50. The predicted octanol–water partition coefficient (Wildman–Crippen LogP) is 2.88. The van der Waals surface area contributed by atoms with Gasteiger partial charge in [-0.3, -0.25) is 4.79 Å². The molecule has 1 aromatic carbocycles. The van der Waals surface area contributed by atoms with Gasteiger partial charge in [0.2, 0.25) is 0 Å². The fourth-order valence-electron chi connectivity index (χ4n) is 1.20. The van der Waals surface area contributed by atoms with Crippen molar-refractivity contribution >= 4 is 17.6 Å². The van der Waals surface area contributed by atoms with Gasteiger partial charge in [-0.05, 0) is 23.6 Å². The van der Waals surface area contributed by atoms with E-state index in [9.17, 15) is 4.79 Å². The van der Waals surface area contributed by atoms with Crippen LogP contribution >= 0.6 is 11.6 Å². The van der Waals surface area contributed by atoms with Crippen LogP contribution in [0.1, 0.15) is 25.3 Å². The molecule has 1 unspecified atom stereocenters. The molecule has 0 heterocycles. The lowest BCUT2D eigenvalue weighted by atomic mass is 10.0. The number of hydrogen-bond donors (Lipinski definition) is 1. The molecule has 0 aromatic heterocycles. The number of halogens is 1. The van der Waals surface area contributed by atoms with Gasteiger partial charge in [0.15, 0.2) is 5.38 Å². The zero-order valence-electron chi connectivity index (χ0n) is 9.31. The van der Waals surface area contributed by atoms with Crippen molar-refractivity contribution in [2.24, 2.45) is 0 Å². The maximum Gasteiger partial charge on any atom is 0.325 e. The number of alkyl halides is 1. The van der Waals surface area contributed by atoms with E-state index in [0.717, 1.165) is 5.56 Å². The number of benzene rings is 1. The molecule has 0 fully saturated rings. The molecule has 0 radical (unpaired) electrons. The van der Waals surface area contributed by atoms with Gasteiger partial charge in [-0.1, -0.05) is 26.0 Å². The molecule has 88 valence electrons. The van der Waals surface area contributed by atoms with Gasteiger partial charge in [0, 0.05) is 0 Å².